The molecule has 0 aliphatic rings. The summed E-state index contributed by atoms with van der Waals surface area (Å²) in [5, 5.41) is 0. The van der Waals surface area contributed by atoms with Crippen molar-refractivity contribution < 1.29 is 14.0 Å². The van der Waals surface area contributed by atoms with Crippen LogP contribution in [0.3, 0.4) is 0 Å². The van der Waals surface area contributed by atoms with Crippen LogP contribution in [-0.2, 0) is 14.0 Å². The van der Waals surface area contributed by atoms with Crippen LogP contribution in [0, 0.1) is 0 Å². The summed E-state index contributed by atoms with van der Waals surface area (Å²) in [6.45, 7) is 14.8. The van der Waals surface area contributed by atoms with Gasteiger partial charge in [-0.15, -0.1) is 0 Å². The maximum atomic E-state index is 10.9. The molecule has 0 rings (SSSR count). The van der Waals surface area contributed by atoms with Gasteiger partial charge in [0.25, 0.3) is 0 Å². The van der Waals surface area contributed by atoms with Crippen molar-refractivity contribution in [2.45, 2.75) is 44.9 Å². The van der Waals surface area contributed by atoms with Crippen molar-refractivity contribution in [1.29, 1.82) is 0 Å². The van der Waals surface area contributed by atoms with E-state index in [0.717, 1.165) is 6.42 Å². The van der Waals surface area contributed by atoms with E-state index in [1.54, 1.807) is 0 Å². The minimum Gasteiger partial charge on any atom is -0.462 e. The number of hydrogen-bond acceptors (Lipinski definition) is 3. The topological polar surface area (TPSA) is 35.5 Å². The number of carbonyl (C=O) groups is 1. The second-order valence-corrected chi connectivity index (χ2v) is 12.2. The molecule has 0 fully saturated rings. The van der Waals surface area contributed by atoms with Crippen LogP contribution >= 0.6 is 0 Å². The number of rotatable bonds is 7. The first kappa shape index (κ1) is 15.6. The number of esters is 1. The lowest BCUT2D eigenvalue weighted by Crippen LogP contribution is -2.39. The predicted octanol–water partition coefficient (Wildman–Crippen LogP) is 2.62. The molecule has 0 aliphatic carbocycles. The zero-order valence-electron chi connectivity index (χ0n) is 11.0. The number of carbonyl (C=O) groups excluding carboxylic acids is 1. The van der Waals surface area contributed by atoms with Gasteiger partial charge in [0.15, 0.2) is 8.32 Å². The van der Waals surface area contributed by atoms with Crippen LogP contribution < -0.4 is 0 Å². The number of hydrogen-bond donors (Lipinski definition) is 0. The quantitative estimate of drug-likeness (QED) is 0.400. The Labute approximate surface area is 102 Å². The Kier molecular flexibility index (Phi) is 6.86. The zero-order chi connectivity index (χ0) is 12.8. The lowest BCUT2D eigenvalue weighted by Gasteiger charge is -2.28. The van der Waals surface area contributed by atoms with Crippen LogP contribution in [0.15, 0.2) is 12.7 Å². The zero-order valence-corrected chi connectivity index (χ0v) is 13.0. The minimum atomic E-state index is -1.50. The van der Waals surface area contributed by atoms with Crippen LogP contribution in [0.25, 0.3) is 0 Å². The van der Waals surface area contributed by atoms with Crippen molar-refractivity contribution in [3.05, 3.63) is 12.7 Å². The summed E-state index contributed by atoms with van der Waals surface area (Å²) in [5.74, 6) is -0.354. The van der Waals surface area contributed by atoms with Gasteiger partial charge >= 0.3 is 5.97 Å². The van der Waals surface area contributed by atoms with Crippen LogP contribution in [0.1, 0.15) is 6.42 Å². The minimum absolute atomic E-state index is 0.272. The van der Waals surface area contributed by atoms with E-state index in [1.807, 2.05) is 0 Å². The van der Waals surface area contributed by atoms with Crippen LogP contribution in [0.5, 0.6) is 0 Å². The Morgan fingerprint density at radius 3 is 2.38 bits per heavy atom. The van der Waals surface area contributed by atoms with Crippen molar-refractivity contribution in [2.75, 3.05) is 6.61 Å². The molecule has 0 heterocycles. The highest BCUT2D eigenvalue weighted by Crippen LogP contribution is 2.13. The summed E-state index contributed by atoms with van der Waals surface area (Å²) in [4.78, 5) is 10.9. The predicted molar refractivity (Wildman–Crippen MR) is 71.5 cm³/mol. The van der Waals surface area contributed by atoms with E-state index in [0.29, 0.717) is 6.61 Å². The average molecular weight is 259 g/mol. The molecular weight excluding hydrogens is 236 g/mol. The highest BCUT2D eigenvalue weighted by molar-refractivity contribution is 6.71. The molecule has 0 aromatic carbocycles. The summed E-state index contributed by atoms with van der Waals surface area (Å²) in [7, 11) is -2.02. The van der Waals surface area contributed by atoms with Gasteiger partial charge in [0.05, 0.1) is 15.4 Å². The summed E-state index contributed by atoms with van der Waals surface area (Å²) < 4.78 is 11.1. The molecule has 0 saturated heterocycles. The van der Waals surface area contributed by atoms with Gasteiger partial charge in [-0.3, -0.25) is 0 Å². The highest BCUT2D eigenvalue weighted by atomic mass is 28.4. The Morgan fingerprint density at radius 2 is 2.00 bits per heavy atom. The van der Waals surface area contributed by atoms with Crippen molar-refractivity contribution in [3.63, 3.8) is 0 Å². The largest absolute Gasteiger partial charge is 0.462 e. The summed E-state index contributed by atoms with van der Waals surface area (Å²) in [6.07, 6.45) is 1.99. The Balaban J connectivity index is 4.05. The van der Waals surface area contributed by atoms with Gasteiger partial charge in [-0.05, 0) is 19.6 Å². The molecule has 1 unspecified atom stereocenters. The van der Waals surface area contributed by atoms with Gasteiger partial charge in [-0.25, -0.2) is 4.79 Å². The van der Waals surface area contributed by atoms with E-state index in [1.165, 1.54) is 6.08 Å². The molecule has 0 saturated carbocycles. The Morgan fingerprint density at radius 1 is 1.44 bits per heavy atom. The summed E-state index contributed by atoms with van der Waals surface area (Å²) >= 11 is 0. The molecule has 16 heavy (non-hydrogen) atoms. The summed E-state index contributed by atoms with van der Waals surface area (Å²) in [5.41, 5.74) is 0.272. The second-order valence-electron chi connectivity index (χ2n) is 4.96. The third kappa shape index (κ3) is 7.84. The van der Waals surface area contributed by atoms with E-state index < -0.39 is 17.1 Å². The smallest absolute Gasteiger partial charge is 0.330 e. The molecule has 93 valence electrons. The molecule has 0 N–H and O–H groups in total. The second kappa shape index (κ2) is 7.03. The summed E-state index contributed by atoms with van der Waals surface area (Å²) in [6, 6.07) is 0. The Bertz CT molecular complexity index is 234. The lowest BCUT2D eigenvalue weighted by molar-refractivity contribution is -0.138. The molecular formula is C11H23O3Si2. The first-order valence-corrected chi connectivity index (χ1v) is 11.5. The van der Waals surface area contributed by atoms with Gasteiger partial charge in [-0.1, -0.05) is 19.7 Å². The first-order chi connectivity index (χ1) is 7.26. The van der Waals surface area contributed by atoms with Crippen molar-refractivity contribution in [2.24, 2.45) is 0 Å². The van der Waals surface area contributed by atoms with E-state index in [-0.39, 0.29) is 11.7 Å². The van der Waals surface area contributed by atoms with E-state index >= 15 is 0 Å². The molecule has 1 atom stereocenters. The average Bonchev–Trinajstić information content (AvgIpc) is 2.13. The third-order valence-electron chi connectivity index (χ3n) is 1.93. The Hall–Kier alpha value is -0.396. The monoisotopic (exact) mass is 259 g/mol. The molecule has 3 nitrogen and oxygen atoms in total. The first-order valence-electron chi connectivity index (χ1n) is 5.53. The van der Waals surface area contributed by atoms with Crippen molar-refractivity contribution >= 4 is 23.1 Å². The standard InChI is InChI=1S/C11H23O3Si2/c1-7-10(12)13-9-8-11(15(2)3)14-16(4,5)6/h7,11H,1,8-9H2,2-6H3. The molecule has 0 amide bonds. The molecule has 0 aromatic rings. The maximum absolute atomic E-state index is 10.9. The fraction of sp³-hybridized carbons (Fsp3) is 0.727. The van der Waals surface area contributed by atoms with Gasteiger partial charge in [0.1, 0.15) is 0 Å². The number of ether oxygens (including phenoxy) is 1. The van der Waals surface area contributed by atoms with E-state index in [9.17, 15) is 4.79 Å². The normalized spacial score (nSPS) is 13.6. The van der Waals surface area contributed by atoms with Crippen LogP contribution in [0.2, 0.25) is 32.7 Å². The fourth-order valence-corrected chi connectivity index (χ4v) is 4.89. The lowest BCUT2D eigenvalue weighted by atomic mass is 10.5. The maximum Gasteiger partial charge on any atom is 0.330 e. The van der Waals surface area contributed by atoms with Gasteiger partial charge in [0, 0.05) is 18.2 Å². The van der Waals surface area contributed by atoms with Crippen LogP contribution in [-0.4, -0.2) is 35.4 Å². The molecule has 0 aromatic heterocycles. The molecule has 1 radical (unpaired) electrons. The van der Waals surface area contributed by atoms with Crippen molar-refractivity contribution in [1.82, 2.24) is 0 Å². The fourth-order valence-electron chi connectivity index (χ4n) is 1.22. The SMILES string of the molecule is C=CC(=O)OCCC(O[Si](C)(C)C)[Si](C)C. The van der Waals surface area contributed by atoms with Gasteiger partial charge in [-0.2, -0.15) is 0 Å². The van der Waals surface area contributed by atoms with Gasteiger partial charge in [0.2, 0.25) is 0 Å². The third-order valence-corrected chi connectivity index (χ3v) is 4.85. The molecule has 5 heteroatoms. The van der Waals surface area contributed by atoms with E-state index in [2.05, 4.69) is 39.3 Å². The van der Waals surface area contributed by atoms with E-state index in [4.69, 9.17) is 9.16 Å². The molecule has 0 bridgehead atoms. The molecule has 0 spiro atoms. The van der Waals surface area contributed by atoms with Crippen molar-refractivity contribution in [3.8, 4) is 0 Å². The van der Waals surface area contributed by atoms with Gasteiger partial charge < -0.3 is 9.16 Å². The van der Waals surface area contributed by atoms with Crippen LogP contribution in [0.4, 0.5) is 0 Å². The molecule has 0 aliphatic heterocycles. The highest BCUT2D eigenvalue weighted by Gasteiger charge is 2.24.